The SMILES string of the molecule is Cn1cc(C2=C(c3cn(CCCCCSC(=N)N)c4ccccc34)C(=O)N(OS(C)(=O)=O)C2=O)c2ccccc21. The summed E-state index contributed by atoms with van der Waals surface area (Å²) >= 11 is 1.32. The van der Waals surface area contributed by atoms with Crippen molar-refractivity contribution < 1.29 is 22.3 Å². The second-order valence-corrected chi connectivity index (χ2v) is 12.3. The molecule has 0 radical (unpaired) electrons. The minimum absolute atomic E-state index is 0.0922. The van der Waals surface area contributed by atoms with Crippen LogP contribution in [0.3, 0.4) is 0 Å². The monoisotopic (exact) mass is 579 g/mol. The van der Waals surface area contributed by atoms with Crippen LogP contribution in [0.2, 0.25) is 0 Å². The average molecular weight is 580 g/mol. The molecule has 2 aromatic heterocycles. The fourth-order valence-electron chi connectivity index (χ4n) is 5.13. The molecule has 1 aliphatic heterocycles. The van der Waals surface area contributed by atoms with Gasteiger partial charge in [0.15, 0.2) is 5.17 Å². The molecule has 0 spiro atoms. The summed E-state index contributed by atoms with van der Waals surface area (Å²) in [5, 5.41) is 9.32. The molecule has 0 atom stereocenters. The number of rotatable bonds is 10. The molecule has 10 nitrogen and oxygen atoms in total. The van der Waals surface area contributed by atoms with Crippen molar-refractivity contribution in [1.82, 2.24) is 14.2 Å². The van der Waals surface area contributed by atoms with Gasteiger partial charge in [0, 0.05) is 64.7 Å². The van der Waals surface area contributed by atoms with Gasteiger partial charge in [-0.15, -0.1) is 9.35 Å². The number of hydrogen-bond donors (Lipinski definition) is 2. The minimum atomic E-state index is -4.16. The number of hydrogen-bond acceptors (Lipinski definition) is 7. The van der Waals surface area contributed by atoms with Crippen LogP contribution in [0.1, 0.15) is 30.4 Å². The van der Waals surface area contributed by atoms with Crippen molar-refractivity contribution in [2.45, 2.75) is 25.8 Å². The van der Waals surface area contributed by atoms with E-state index in [9.17, 15) is 18.0 Å². The van der Waals surface area contributed by atoms with Gasteiger partial charge in [0.05, 0.1) is 17.4 Å². The maximum Gasteiger partial charge on any atom is 0.287 e. The van der Waals surface area contributed by atoms with E-state index in [4.69, 9.17) is 15.4 Å². The molecule has 5 rings (SSSR count). The number of aryl methyl sites for hydroxylation is 2. The van der Waals surface area contributed by atoms with Gasteiger partial charge in [0.25, 0.3) is 21.9 Å². The third-order valence-corrected chi connectivity index (χ3v) is 8.01. The number of imide groups is 1. The third-order valence-electron chi connectivity index (χ3n) is 6.78. The molecule has 40 heavy (non-hydrogen) atoms. The lowest BCUT2D eigenvalue weighted by Gasteiger charge is -2.11. The van der Waals surface area contributed by atoms with Gasteiger partial charge < -0.3 is 14.9 Å². The molecule has 0 saturated carbocycles. The lowest BCUT2D eigenvalue weighted by Crippen LogP contribution is -2.33. The van der Waals surface area contributed by atoms with E-state index in [-0.39, 0.29) is 16.3 Å². The molecule has 12 heteroatoms. The van der Waals surface area contributed by atoms with E-state index in [1.54, 1.807) is 6.20 Å². The molecule has 0 aliphatic carbocycles. The van der Waals surface area contributed by atoms with Crippen molar-refractivity contribution in [2.75, 3.05) is 12.0 Å². The third kappa shape index (κ3) is 5.29. The van der Waals surface area contributed by atoms with Crippen LogP contribution in [0.4, 0.5) is 0 Å². The fraction of sp³-hybridized carbons (Fsp3) is 0.250. The topological polar surface area (TPSA) is 140 Å². The number of unbranched alkanes of at least 4 members (excludes halogenated alkanes) is 2. The predicted molar refractivity (Wildman–Crippen MR) is 158 cm³/mol. The largest absolute Gasteiger partial charge is 0.379 e. The summed E-state index contributed by atoms with van der Waals surface area (Å²) in [5.41, 5.74) is 8.40. The molecule has 2 amide bonds. The number of nitrogens with zero attached hydrogens (tertiary/aromatic N) is 3. The summed E-state index contributed by atoms with van der Waals surface area (Å²) in [5.74, 6) is -0.884. The number of thioether (sulfide) groups is 1. The second kappa shape index (κ2) is 11.0. The summed E-state index contributed by atoms with van der Waals surface area (Å²) in [4.78, 5) is 27.5. The Hall–Kier alpha value is -3.87. The minimum Gasteiger partial charge on any atom is -0.379 e. The number of fused-ring (bicyclic) bond motifs is 2. The highest BCUT2D eigenvalue weighted by atomic mass is 32.2. The molecular weight excluding hydrogens is 550 g/mol. The zero-order chi connectivity index (χ0) is 28.6. The van der Waals surface area contributed by atoms with Crippen LogP contribution in [0.15, 0.2) is 60.9 Å². The molecule has 4 aromatic rings. The summed E-state index contributed by atoms with van der Waals surface area (Å²) < 4.78 is 32.8. The summed E-state index contributed by atoms with van der Waals surface area (Å²) in [7, 11) is -2.31. The fourth-order valence-corrected chi connectivity index (χ4v) is 6.10. The van der Waals surface area contributed by atoms with E-state index in [0.717, 1.165) is 53.1 Å². The Morgan fingerprint density at radius 2 is 1.48 bits per heavy atom. The lowest BCUT2D eigenvalue weighted by atomic mass is 9.95. The molecule has 0 bridgehead atoms. The van der Waals surface area contributed by atoms with Crippen LogP contribution >= 0.6 is 11.8 Å². The molecule has 3 N–H and O–H groups in total. The maximum atomic E-state index is 13.8. The lowest BCUT2D eigenvalue weighted by molar-refractivity contribution is -0.160. The van der Waals surface area contributed by atoms with E-state index in [0.29, 0.717) is 22.7 Å². The molecule has 0 unspecified atom stereocenters. The number of benzene rings is 2. The van der Waals surface area contributed by atoms with Crippen LogP contribution < -0.4 is 5.73 Å². The summed E-state index contributed by atoms with van der Waals surface area (Å²) in [6, 6.07) is 15.1. The van der Waals surface area contributed by atoms with Gasteiger partial charge in [-0.2, -0.15) is 8.42 Å². The Labute approximate surface area is 236 Å². The van der Waals surface area contributed by atoms with Crippen LogP contribution in [-0.4, -0.2) is 51.6 Å². The number of para-hydroxylation sites is 2. The van der Waals surface area contributed by atoms with E-state index >= 15 is 0 Å². The number of amides is 2. The van der Waals surface area contributed by atoms with E-state index in [1.807, 2.05) is 70.9 Å². The van der Waals surface area contributed by atoms with Crippen LogP contribution in [0.25, 0.3) is 33.0 Å². The van der Waals surface area contributed by atoms with Crippen molar-refractivity contribution >= 4 is 71.8 Å². The highest BCUT2D eigenvalue weighted by Crippen LogP contribution is 2.42. The first kappa shape index (κ1) is 27.7. The number of carbonyl (C=O) groups excluding carboxylic acids is 2. The predicted octanol–water partition coefficient (Wildman–Crippen LogP) is 4.10. The van der Waals surface area contributed by atoms with Gasteiger partial charge in [-0.05, 0) is 25.0 Å². The molecule has 208 valence electrons. The highest BCUT2D eigenvalue weighted by molar-refractivity contribution is 8.13. The Kier molecular flexibility index (Phi) is 7.58. The van der Waals surface area contributed by atoms with Crippen molar-refractivity contribution in [3.63, 3.8) is 0 Å². The number of hydroxylamine groups is 2. The van der Waals surface area contributed by atoms with Gasteiger partial charge in [0.2, 0.25) is 0 Å². The standard InChI is InChI=1S/C28H29N5O5S2/c1-31-16-20(18-10-4-6-12-22(18)31)24-25(27(35)33(26(24)34)38-40(2,36)37)21-17-32(23-13-7-5-11-19(21)23)14-8-3-9-15-39-28(29)30/h4-7,10-13,16-17H,3,8-9,14-15H2,1-2H3,(H3,29,30). The first-order valence-electron chi connectivity index (χ1n) is 12.7. The van der Waals surface area contributed by atoms with Crippen LogP contribution in [-0.2, 0) is 37.6 Å². The normalized spacial score (nSPS) is 14.3. The van der Waals surface area contributed by atoms with Crippen molar-refractivity contribution in [3.8, 4) is 0 Å². The molecule has 0 saturated heterocycles. The van der Waals surface area contributed by atoms with Gasteiger partial charge in [-0.1, -0.05) is 54.6 Å². The van der Waals surface area contributed by atoms with Crippen molar-refractivity contribution in [3.05, 3.63) is 72.1 Å². The van der Waals surface area contributed by atoms with E-state index in [2.05, 4.69) is 0 Å². The van der Waals surface area contributed by atoms with Crippen LogP contribution in [0, 0.1) is 5.41 Å². The number of nitrogens with two attached hydrogens (primary N) is 1. The molecule has 1 aliphatic rings. The zero-order valence-electron chi connectivity index (χ0n) is 22.1. The van der Waals surface area contributed by atoms with Gasteiger partial charge in [0.1, 0.15) is 0 Å². The van der Waals surface area contributed by atoms with Crippen molar-refractivity contribution in [1.29, 1.82) is 5.41 Å². The van der Waals surface area contributed by atoms with Gasteiger partial charge in [-0.25, -0.2) is 0 Å². The van der Waals surface area contributed by atoms with Crippen molar-refractivity contribution in [2.24, 2.45) is 12.8 Å². The second-order valence-electron chi connectivity index (χ2n) is 9.63. The Morgan fingerprint density at radius 1 is 0.900 bits per heavy atom. The molecule has 2 aromatic carbocycles. The summed E-state index contributed by atoms with van der Waals surface area (Å²) in [6.07, 6.45) is 7.13. The zero-order valence-corrected chi connectivity index (χ0v) is 23.7. The smallest absolute Gasteiger partial charge is 0.287 e. The number of nitrogens with one attached hydrogen (secondary N) is 1. The Morgan fingerprint density at radius 3 is 2.10 bits per heavy atom. The summed E-state index contributed by atoms with van der Waals surface area (Å²) in [6.45, 7) is 0.674. The highest BCUT2D eigenvalue weighted by Gasteiger charge is 2.44. The quantitative estimate of drug-likeness (QED) is 0.125. The number of aromatic nitrogens is 2. The maximum absolute atomic E-state index is 13.8. The number of carbonyl (C=O) groups is 2. The first-order valence-corrected chi connectivity index (χ1v) is 15.5. The van der Waals surface area contributed by atoms with Gasteiger partial charge in [-0.3, -0.25) is 15.0 Å². The van der Waals surface area contributed by atoms with E-state index < -0.39 is 21.9 Å². The van der Waals surface area contributed by atoms with E-state index in [1.165, 1.54) is 11.8 Å². The van der Waals surface area contributed by atoms with Crippen LogP contribution in [0.5, 0.6) is 0 Å². The molecular formula is C28H29N5O5S2. The first-order chi connectivity index (χ1) is 19.1. The number of amidine groups is 1. The Balaban J connectivity index is 1.62. The molecule has 3 heterocycles. The van der Waals surface area contributed by atoms with Gasteiger partial charge >= 0.3 is 0 Å². The molecule has 0 fully saturated rings. The Bertz CT molecular complexity index is 1800. The average Bonchev–Trinajstić information content (AvgIpc) is 3.51.